The fraction of sp³-hybridized carbons (Fsp3) is 0.118. The summed E-state index contributed by atoms with van der Waals surface area (Å²) < 4.78 is 10.5. The summed E-state index contributed by atoms with van der Waals surface area (Å²) in [5.41, 5.74) is 0.765. The number of nitrogens with one attached hydrogen (secondary N) is 1. The van der Waals surface area contributed by atoms with Crippen LogP contribution in [0.2, 0.25) is 10.0 Å². The van der Waals surface area contributed by atoms with Crippen LogP contribution in [-0.4, -0.2) is 16.0 Å². The largest absolute Gasteiger partial charge is 0.485 e. The van der Waals surface area contributed by atoms with Gasteiger partial charge in [-0.05, 0) is 30.3 Å². The van der Waals surface area contributed by atoms with Crippen LogP contribution < -0.4 is 10.1 Å². The van der Waals surface area contributed by atoms with Crippen LogP contribution in [0.3, 0.4) is 0 Å². The van der Waals surface area contributed by atoms with E-state index in [9.17, 15) is 4.79 Å². The van der Waals surface area contributed by atoms with Gasteiger partial charge in [-0.15, -0.1) is 0 Å². The number of hydrogen-bond acceptors (Lipinski definition) is 5. The lowest BCUT2D eigenvalue weighted by atomic mass is 10.2. The lowest BCUT2D eigenvalue weighted by Gasteiger charge is -2.11. The maximum absolute atomic E-state index is 12.6. The summed E-state index contributed by atoms with van der Waals surface area (Å²) in [7, 11) is 0. The maximum atomic E-state index is 12.6. The Morgan fingerprint density at radius 2 is 2.04 bits per heavy atom. The summed E-state index contributed by atoms with van der Waals surface area (Å²) in [4.78, 5) is 16.6. The second-order valence-corrected chi connectivity index (χ2v) is 5.94. The van der Waals surface area contributed by atoms with Crippen LogP contribution in [-0.2, 0) is 6.61 Å². The molecular weight excluding hydrogens is 365 g/mol. The molecule has 0 radical (unpaired) electrons. The van der Waals surface area contributed by atoms with Gasteiger partial charge in [-0.25, -0.2) is 0 Å². The number of hydrogen-bond donors (Lipinski definition) is 1. The van der Waals surface area contributed by atoms with E-state index in [-0.39, 0.29) is 12.5 Å². The molecule has 0 bridgehead atoms. The monoisotopic (exact) mass is 377 g/mol. The Bertz CT molecular complexity index is 912. The smallest absolute Gasteiger partial charge is 0.259 e. The zero-order valence-electron chi connectivity index (χ0n) is 13.1. The van der Waals surface area contributed by atoms with Gasteiger partial charge in [0.05, 0.1) is 16.3 Å². The number of benzene rings is 2. The number of amides is 1. The zero-order valence-corrected chi connectivity index (χ0v) is 14.6. The highest BCUT2D eigenvalue weighted by Crippen LogP contribution is 2.27. The molecule has 1 heterocycles. The Morgan fingerprint density at radius 3 is 2.80 bits per heavy atom. The highest BCUT2D eigenvalue weighted by atomic mass is 35.5. The molecular formula is C17H13Cl2N3O3. The number of aryl methyl sites for hydroxylation is 1. The molecule has 0 saturated carbocycles. The van der Waals surface area contributed by atoms with Crippen molar-refractivity contribution in [2.45, 2.75) is 13.5 Å². The number of aromatic nitrogens is 2. The van der Waals surface area contributed by atoms with Crippen molar-refractivity contribution in [1.82, 2.24) is 10.1 Å². The molecule has 1 N–H and O–H groups in total. The molecule has 0 unspecified atom stereocenters. The van der Waals surface area contributed by atoms with E-state index in [0.29, 0.717) is 38.8 Å². The Labute approximate surface area is 153 Å². The topological polar surface area (TPSA) is 77.2 Å². The number of anilines is 1. The van der Waals surface area contributed by atoms with E-state index in [4.69, 9.17) is 32.5 Å². The van der Waals surface area contributed by atoms with Crippen molar-refractivity contribution >= 4 is 34.8 Å². The molecule has 0 atom stereocenters. The average molecular weight is 378 g/mol. The van der Waals surface area contributed by atoms with Crippen LogP contribution in [0.25, 0.3) is 0 Å². The Hall–Kier alpha value is -2.57. The molecule has 0 saturated heterocycles. The predicted molar refractivity (Wildman–Crippen MR) is 94.2 cm³/mol. The lowest BCUT2D eigenvalue weighted by Crippen LogP contribution is -2.14. The summed E-state index contributed by atoms with van der Waals surface area (Å²) in [6.45, 7) is 1.77. The third-order valence-corrected chi connectivity index (χ3v) is 3.80. The van der Waals surface area contributed by atoms with Gasteiger partial charge in [-0.2, -0.15) is 4.98 Å². The van der Waals surface area contributed by atoms with E-state index >= 15 is 0 Å². The van der Waals surface area contributed by atoms with Gasteiger partial charge in [0.15, 0.2) is 6.61 Å². The number of carbonyl (C=O) groups is 1. The Kier molecular flexibility index (Phi) is 5.21. The predicted octanol–water partition coefficient (Wildman–Crippen LogP) is 4.52. The standard InChI is InChI=1S/C17H13Cl2N3O3/c1-10-20-16(22-25-10)9-24-15-5-3-2-4-12(15)17(23)21-14-8-11(18)6-7-13(14)19/h2-8H,9H2,1H3,(H,21,23). The molecule has 128 valence electrons. The maximum Gasteiger partial charge on any atom is 0.259 e. The van der Waals surface area contributed by atoms with Gasteiger partial charge < -0.3 is 14.6 Å². The Balaban J connectivity index is 1.77. The first-order valence-corrected chi connectivity index (χ1v) is 8.06. The van der Waals surface area contributed by atoms with Gasteiger partial charge in [-0.1, -0.05) is 40.5 Å². The summed E-state index contributed by atoms with van der Waals surface area (Å²) in [6, 6.07) is 11.7. The van der Waals surface area contributed by atoms with Crippen molar-refractivity contribution in [3.05, 3.63) is 69.8 Å². The van der Waals surface area contributed by atoms with Crippen molar-refractivity contribution in [1.29, 1.82) is 0 Å². The van der Waals surface area contributed by atoms with Crippen LogP contribution in [0.5, 0.6) is 5.75 Å². The number of nitrogens with zero attached hydrogens (tertiary/aromatic N) is 2. The van der Waals surface area contributed by atoms with Crippen molar-refractivity contribution in [2.24, 2.45) is 0 Å². The van der Waals surface area contributed by atoms with Crippen LogP contribution in [0, 0.1) is 6.92 Å². The van der Waals surface area contributed by atoms with E-state index in [2.05, 4.69) is 15.5 Å². The molecule has 0 fully saturated rings. The number of rotatable bonds is 5. The average Bonchev–Trinajstić information content (AvgIpc) is 3.02. The molecule has 3 rings (SSSR count). The minimum absolute atomic E-state index is 0.0829. The lowest BCUT2D eigenvalue weighted by molar-refractivity contribution is 0.102. The van der Waals surface area contributed by atoms with Crippen molar-refractivity contribution in [3.63, 3.8) is 0 Å². The third-order valence-electron chi connectivity index (χ3n) is 3.23. The molecule has 2 aromatic carbocycles. The number of carbonyl (C=O) groups excluding carboxylic acids is 1. The SMILES string of the molecule is Cc1nc(COc2ccccc2C(=O)Nc2cc(Cl)ccc2Cl)no1. The first-order valence-electron chi connectivity index (χ1n) is 7.30. The minimum atomic E-state index is -0.371. The number of halogens is 2. The minimum Gasteiger partial charge on any atom is -0.485 e. The van der Waals surface area contributed by atoms with Crippen LogP contribution in [0.15, 0.2) is 47.0 Å². The van der Waals surface area contributed by atoms with Crippen LogP contribution in [0.4, 0.5) is 5.69 Å². The molecule has 6 nitrogen and oxygen atoms in total. The van der Waals surface area contributed by atoms with Gasteiger partial charge in [0.25, 0.3) is 5.91 Å². The molecule has 25 heavy (non-hydrogen) atoms. The van der Waals surface area contributed by atoms with E-state index in [1.807, 2.05) is 0 Å². The number of ether oxygens (including phenoxy) is 1. The highest BCUT2D eigenvalue weighted by Gasteiger charge is 2.15. The first-order chi connectivity index (χ1) is 12.0. The summed E-state index contributed by atoms with van der Waals surface area (Å²) in [6.07, 6.45) is 0. The van der Waals surface area contributed by atoms with Crippen molar-refractivity contribution in [3.8, 4) is 5.75 Å². The van der Waals surface area contributed by atoms with Gasteiger partial charge in [0.1, 0.15) is 5.75 Å². The van der Waals surface area contributed by atoms with E-state index in [0.717, 1.165) is 0 Å². The molecule has 0 aliphatic carbocycles. The van der Waals surface area contributed by atoms with Crippen LogP contribution >= 0.6 is 23.2 Å². The van der Waals surface area contributed by atoms with Gasteiger partial charge in [-0.3, -0.25) is 4.79 Å². The fourth-order valence-electron chi connectivity index (χ4n) is 2.11. The summed E-state index contributed by atoms with van der Waals surface area (Å²) >= 11 is 12.0. The molecule has 0 spiro atoms. The van der Waals surface area contributed by atoms with Gasteiger partial charge in [0.2, 0.25) is 11.7 Å². The summed E-state index contributed by atoms with van der Waals surface area (Å²) in [5.74, 6) is 0.857. The zero-order chi connectivity index (χ0) is 17.8. The van der Waals surface area contributed by atoms with Crippen molar-refractivity contribution < 1.29 is 14.1 Å². The van der Waals surface area contributed by atoms with E-state index < -0.39 is 0 Å². The third kappa shape index (κ3) is 4.29. The molecule has 1 aromatic heterocycles. The second-order valence-electron chi connectivity index (χ2n) is 5.09. The molecule has 3 aromatic rings. The molecule has 1 amide bonds. The van der Waals surface area contributed by atoms with Gasteiger partial charge in [0, 0.05) is 11.9 Å². The number of para-hydroxylation sites is 1. The van der Waals surface area contributed by atoms with E-state index in [1.165, 1.54) is 0 Å². The quantitative estimate of drug-likeness (QED) is 0.707. The first kappa shape index (κ1) is 17.3. The van der Waals surface area contributed by atoms with E-state index in [1.54, 1.807) is 49.4 Å². The molecule has 0 aliphatic heterocycles. The van der Waals surface area contributed by atoms with Crippen LogP contribution in [0.1, 0.15) is 22.1 Å². The van der Waals surface area contributed by atoms with Gasteiger partial charge >= 0.3 is 0 Å². The highest BCUT2D eigenvalue weighted by molar-refractivity contribution is 6.35. The summed E-state index contributed by atoms with van der Waals surface area (Å²) in [5, 5.41) is 7.33. The van der Waals surface area contributed by atoms with Crippen molar-refractivity contribution in [2.75, 3.05) is 5.32 Å². The molecule has 0 aliphatic rings. The normalized spacial score (nSPS) is 10.5. The fourth-order valence-corrected chi connectivity index (χ4v) is 2.44. The Morgan fingerprint density at radius 1 is 1.24 bits per heavy atom. The molecule has 8 heteroatoms. The second kappa shape index (κ2) is 7.55.